The predicted octanol–water partition coefficient (Wildman–Crippen LogP) is 6.40. The van der Waals surface area contributed by atoms with Gasteiger partial charge in [-0.2, -0.15) is 0 Å². The van der Waals surface area contributed by atoms with Crippen LogP contribution in [0.3, 0.4) is 0 Å². The number of nitrogens with zero attached hydrogens (tertiary/aromatic N) is 2. The van der Waals surface area contributed by atoms with Crippen molar-refractivity contribution in [2.75, 3.05) is 39.3 Å². The first kappa shape index (κ1) is 37.7. The minimum atomic E-state index is -0.964. The van der Waals surface area contributed by atoms with E-state index in [1.807, 2.05) is 62.4 Å². The molecule has 0 radical (unpaired) electrons. The average molecular weight is 748 g/mol. The van der Waals surface area contributed by atoms with Crippen LogP contribution in [0, 0.1) is 37.5 Å². The number of fused-ring (bicyclic) bond motifs is 2. The van der Waals surface area contributed by atoms with Crippen molar-refractivity contribution in [1.29, 1.82) is 0 Å². The smallest absolute Gasteiger partial charge is 0.308 e. The fraction of sp³-hybridized carbons (Fsp3) is 0.239. The molecule has 4 aromatic carbocycles. The Morgan fingerprint density at radius 2 is 1.20 bits per heavy atom. The molecule has 0 spiro atoms. The van der Waals surface area contributed by atoms with E-state index in [1.54, 1.807) is 24.3 Å². The third-order valence-electron chi connectivity index (χ3n) is 9.83. The second kappa shape index (κ2) is 16.8. The molecule has 0 unspecified atom stereocenters. The van der Waals surface area contributed by atoms with Gasteiger partial charge in [-0.25, -0.2) is 0 Å². The number of carboxylic acid groups (broad SMARTS) is 2. The molecule has 10 nitrogen and oxygen atoms in total. The fourth-order valence-corrected chi connectivity index (χ4v) is 6.98. The van der Waals surface area contributed by atoms with Crippen LogP contribution in [-0.2, 0) is 29.0 Å². The molecule has 1 amide bonds. The number of piperazine rings is 1. The predicted molar refractivity (Wildman–Crippen MR) is 213 cm³/mol. The Labute approximate surface area is 324 Å². The normalized spacial score (nSPS) is 13.2. The minimum absolute atomic E-state index is 0.158. The van der Waals surface area contributed by atoms with Gasteiger partial charge in [0.05, 0.1) is 12.8 Å². The lowest BCUT2D eigenvalue weighted by atomic mass is 10.1. The zero-order valence-electron chi connectivity index (χ0n) is 31.3. The van der Waals surface area contributed by atoms with E-state index in [1.165, 1.54) is 0 Å². The topological polar surface area (TPSA) is 136 Å². The van der Waals surface area contributed by atoms with Crippen molar-refractivity contribution < 1.29 is 33.4 Å². The quantitative estimate of drug-likeness (QED) is 0.136. The molecule has 0 bridgehead atoms. The summed E-state index contributed by atoms with van der Waals surface area (Å²) in [5.41, 5.74) is 7.47. The first-order valence-corrected chi connectivity index (χ1v) is 18.5. The molecule has 1 aliphatic rings. The summed E-state index contributed by atoms with van der Waals surface area (Å²) in [5, 5.41) is 23.5. The van der Waals surface area contributed by atoms with E-state index in [9.17, 15) is 24.6 Å². The molecule has 0 atom stereocenters. The summed E-state index contributed by atoms with van der Waals surface area (Å²) in [5.74, 6) is 10.9. The summed E-state index contributed by atoms with van der Waals surface area (Å²) in [4.78, 5) is 41.0. The number of carbonyl (C=O) groups is 3. The number of furan rings is 2. The summed E-state index contributed by atoms with van der Waals surface area (Å²) in [7, 11) is 0. The third-order valence-corrected chi connectivity index (χ3v) is 9.83. The van der Waals surface area contributed by atoms with Crippen molar-refractivity contribution in [2.45, 2.75) is 33.2 Å². The summed E-state index contributed by atoms with van der Waals surface area (Å²) in [6.45, 7) is 9.46. The van der Waals surface area contributed by atoms with Crippen LogP contribution in [0.15, 0.2) is 93.8 Å². The van der Waals surface area contributed by atoms with Crippen molar-refractivity contribution in [1.82, 2.24) is 15.1 Å². The van der Waals surface area contributed by atoms with Gasteiger partial charge >= 0.3 is 11.9 Å². The highest BCUT2D eigenvalue weighted by atomic mass is 16.4. The van der Waals surface area contributed by atoms with Gasteiger partial charge in [0.15, 0.2) is 11.5 Å². The van der Waals surface area contributed by atoms with Gasteiger partial charge in [0, 0.05) is 84.4 Å². The largest absolute Gasteiger partial charge is 0.481 e. The Hall–Kier alpha value is -6.59. The van der Waals surface area contributed by atoms with Gasteiger partial charge < -0.3 is 24.4 Å². The number of benzene rings is 4. The van der Waals surface area contributed by atoms with Gasteiger partial charge in [-0.05, 0) is 85.8 Å². The molecule has 0 saturated carbocycles. The molecular formula is C46H41N3O7. The number of aryl methyl sites for hydroxylation is 2. The number of hydrogen-bond acceptors (Lipinski definition) is 7. The molecule has 0 aliphatic carbocycles. The third kappa shape index (κ3) is 9.19. The monoisotopic (exact) mass is 747 g/mol. The van der Waals surface area contributed by atoms with Crippen LogP contribution in [0.25, 0.3) is 21.9 Å². The molecule has 282 valence electrons. The fourth-order valence-electron chi connectivity index (χ4n) is 6.98. The second-order valence-electron chi connectivity index (χ2n) is 14.1. The summed E-state index contributed by atoms with van der Waals surface area (Å²) in [6.07, 6.45) is -0.359. The van der Waals surface area contributed by atoms with Gasteiger partial charge in [-0.15, -0.1) is 0 Å². The van der Waals surface area contributed by atoms with Crippen molar-refractivity contribution >= 4 is 39.8 Å². The van der Waals surface area contributed by atoms with Crippen LogP contribution in [0.5, 0.6) is 0 Å². The van der Waals surface area contributed by atoms with Crippen LogP contribution in [0.1, 0.15) is 60.8 Å². The zero-order chi connectivity index (χ0) is 39.2. The van der Waals surface area contributed by atoms with E-state index >= 15 is 0 Å². The lowest BCUT2D eigenvalue weighted by molar-refractivity contribution is -0.137. The van der Waals surface area contributed by atoms with Crippen molar-refractivity contribution in [3.05, 3.63) is 141 Å². The molecule has 1 saturated heterocycles. The van der Waals surface area contributed by atoms with Crippen LogP contribution in [0.4, 0.5) is 0 Å². The second-order valence-corrected chi connectivity index (χ2v) is 14.1. The average Bonchev–Trinajstić information content (AvgIpc) is 3.69. The zero-order valence-corrected chi connectivity index (χ0v) is 31.3. The number of amides is 1. The Kier molecular flexibility index (Phi) is 11.3. The number of nitrogens with one attached hydrogen (secondary N) is 1. The molecular weight excluding hydrogens is 707 g/mol. The van der Waals surface area contributed by atoms with Gasteiger partial charge in [0.2, 0.25) is 0 Å². The van der Waals surface area contributed by atoms with Gasteiger partial charge in [0.1, 0.15) is 11.2 Å². The number of aliphatic carboxylic acids is 2. The van der Waals surface area contributed by atoms with E-state index in [2.05, 4.69) is 50.9 Å². The van der Waals surface area contributed by atoms with Crippen molar-refractivity contribution in [2.24, 2.45) is 0 Å². The lowest BCUT2D eigenvalue weighted by Gasteiger charge is -2.34. The van der Waals surface area contributed by atoms with Gasteiger partial charge in [-0.1, -0.05) is 53.3 Å². The Bertz CT molecular complexity index is 2590. The van der Waals surface area contributed by atoms with E-state index in [-0.39, 0.29) is 18.7 Å². The van der Waals surface area contributed by atoms with Crippen molar-refractivity contribution in [3.8, 4) is 23.7 Å². The summed E-state index contributed by atoms with van der Waals surface area (Å²) in [6, 6.07) is 26.5. The molecule has 6 aromatic rings. The van der Waals surface area contributed by atoms with E-state index in [0.29, 0.717) is 51.5 Å². The molecule has 3 N–H and O–H groups in total. The maximum Gasteiger partial charge on any atom is 0.308 e. The lowest BCUT2D eigenvalue weighted by Crippen LogP contribution is -2.48. The first-order valence-electron chi connectivity index (χ1n) is 18.5. The van der Waals surface area contributed by atoms with Gasteiger partial charge in [0.25, 0.3) is 5.91 Å². The number of hydrogen-bond donors (Lipinski definition) is 3. The standard InChI is InChI=1S/C46H41N3O7/c1-30-9-13-40-36(23-30)38(27-44(50)51)42(55-40)15-11-32-5-3-7-34(25-32)29-49-21-19-48(20-22-49)18-17-47-46(54)35-8-4-6-33(26-35)12-16-43-39(28-45(52)53)37-24-31(2)10-14-41(37)56-43/h3-10,13-14,23-26H,17-22,27-29H2,1-2H3,(H,47,54)(H,50,51)(H,52,53). The molecule has 3 heterocycles. The number of rotatable bonds is 10. The molecule has 56 heavy (non-hydrogen) atoms. The first-order chi connectivity index (χ1) is 27.1. The molecule has 10 heteroatoms. The maximum atomic E-state index is 13.1. The molecule has 7 rings (SSSR count). The van der Waals surface area contributed by atoms with Crippen LogP contribution >= 0.6 is 0 Å². The Morgan fingerprint density at radius 1 is 0.661 bits per heavy atom. The van der Waals surface area contributed by atoms with E-state index in [4.69, 9.17) is 8.83 Å². The Balaban J connectivity index is 0.901. The van der Waals surface area contributed by atoms with Gasteiger partial charge in [-0.3, -0.25) is 24.2 Å². The molecule has 1 fully saturated rings. The number of carboxylic acids is 2. The van der Waals surface area contributed by atoms with Crippen LogP contribution < -0.4 is 5.32 Å². The SMILES string of the molecule is Cc1ccc2oc(C#Cc3cccc(CN4CCN(CCNC(=O)c5cccc(C#Cc6oc7ccc(C)cc7c6CC(=O)O)c5)CC4)c3)c(CC(=O)O)c2c1. The minimum Gasteiger partial charge on any atom is -0.481 e. The maximum absolute atomic E-state index is 13.1. The molecule has 2 aromatic heterocycles. The van der Waals surface area contributed by atoms with E-state index in [0.717, 1.165) is 72.3 Å². The van der Waals surface area contributed by atoms with E-state index < -0.39 is 11.9 Å². The van der Waals surface area contributed by atoms with Crippen LogP contribution in [-0.4, -0.2) is 77.1 Å². The highest BCUT2D eigenvalue weighted by Crippen LogP contribution is 2.28. The summed E-state index contributed by atoms with van der Waals surface area (Å²) < 4.78 is 11.9. The highest BCUT2D eigenvalue weighted by Gasteiger charge is 2.19. The highest BCUT2D eigenvalue weighted by molar-refractivity contribution is 5.94. The van der Waals surface area contributed by atoms with Crippen molar-refractivity contribution in [3.63, 3.8) is 0 Å². The molecule has 1 aliphatic heterocycles. The summed E-state index contributed by atoms with van der Waals surface area (Å²) >= 11 is 0. The number of carbonyl (C=O) groups excluding carboxylic acids is 1. The Morgan fingerprint density at radius 3 is 1.77 bits per heavy atom. The van der Waals surface area contributed by atoms with Crippen LogP contribution in [0.2, 0.25) is 0 Å².